The van der Waals surface area contributed by atoms with E-state index in [1.54, 1.807) is 0 Å². The van der Waals surface area contributed by atoms with Gasteiger partial charge < -0.3 is 5.32 Å². The molecule has 0 aromatic carbocycles. The minimum absolute atomic E-state index is 0.695. The lowest BCUT2D eigenvalue weighted by molar-refractivity contribution is 0.0929. The van der Waals surface area contributed by atoms with E-state index in [0.717, 1.165) is 6.04 Å². The zero-order valence-electron chi connectivity index (χ0n) is 9.51. The Morgan fingerprint density at radius 1 is 1.31 bits per heavy atom. The predicted octanol–water partition coefficient (Wildman–Crippen LogP) is 1.86. The van der Waals surface area contributed by atoms with Crippen LogP contribution in [0.25, 0.3) is 0 Å². The number of nitrogens with zero attached hydrogens (tertiary/aromatic N) is 1. The molecule has 0 aromatic heterocycles. The molecule has 1 saturated heterocycles. The third-order valence-electron chi connectivity index (χ3n) is 3.17. The van der Waals surface area contributed by atoms with Crippen LogP contribution < -0.4 is 5.32 Å². The van der Waals surface area contributed by atoms with Gasteiger partial charge in [-0.3, -0.25) is 4.90 Å². The van der Waals surface area contributed by atoms with Gasteiger partial charge >= 0.3 is 0 Å². The molecular weight excluding hydrogens is 160 g/mol. The highest BCUT2D eigenvalue weighted by atomic mass is 15.2. The molecule has 1 aliphatic heterocycles. The molecule has 0 amide bonds. The van der Waals surface area contributed by atoms with Crippen LogP contribution in [0.2, 0.25) is 0 Å². The summed E-state index contributed by atoms with van der Waals surface area (Å²) in [7, 11) is 0. The van der Waals surface area contributed by atoms with Crippen molar-refractivity contribution in [3.63, 3.8) is 0 Å². The van der Waals surface area contributed by atoms with Gasteiger partial charge in [0.25, 0.3) is 0 Å². The van der Waals surface area contributed by atoms with E-state index in [4.69, 9.17) is 0 Å². The van der Waals surface area contributed by atoms with Crippen molar-refractivity contribution in [2.24, 2.45) is 0 Å². The maximum absolute atomic E-state index is 3.61. The van der Waals surface area contributed by atoms with Gasteiger partial charge in [0.15, 0.2) is 0 Å². The van der Waals surface area contributed by atoms with Crippen molar-refractivity contribution in [2.45, 2.75) is 58.7 Å². The third-order valence-corrected chi connectivity index (χ3v) is 3.17. The Balaban J connectivity index is 2.52. The maximum atomic E-state index is 3.61. The van der Waals surface area contributed by atoms with Crippen molar-refractivity contribution >= 4 is 0 Å². The molecule has 0 radical (unpaired) electrons. The zero-order valence-corrected chi connectivity index (χ0v) is 9.51. The fourth-order valence-electron chi connectivity index (χ4n) is 2.17. The minimum Gasteiger partial charge on any atom is -0.311 e. The maximum Gasteiger partial charge on any atom is 0.0221 e. The van der Waals surface area contributed by atoms with Crippen LogP contribution in [0.3, 0.4) is 0 Å². The first-order chi connectivity index (χ1) is 6.19. The number of hydrogen-bond acceptors (Lipinski definition) is 2. The van der Waals surface area contributed by atoms with Crippen LogP contribution in [0.4, 0.5) is 0 Å². The van der Waals surface area contributed by atoms with Crippen LogP contribution in [-0.4, -0.2) is 36.1 Å². The molecular formula is C11H24N2. The third kappa shape index (κ3) is 2.68. The van der Waals surface area contributed by atoms with E-state index in [9.17, 15) is 0 Å². The predicted molar refractivity (Wildman–Crippen MR) is 58.0 cm³/mol. The Morgan fingerprint density at radius 2 is 2.00 bits per heavy atom. The van der Waals surface area contributed by atoms with Gasteiger partial charge in [-0.2, -0.15) is 0 Å². The van der Waals surface area contributed by atoms with Crippen molar-refractivity contribution < 1.29 is 0 Å². The Bertz CT molecular complexity index is 145. The van der Waals surface area contributed by atoms with Gasteiger partial charge in [0.05, 0.1) is 0 Å². The first kappa shape index (κ1) is 11.0. The lowest BCUT2D eigenvalue weighted by Crippen LogP contribution is -2.58. The fraction of sp³-hybridized carbons (Fsp3) is 1.00. The summed E-state index contributed by atoms with van der Waals surface area (Å²) in [5.41, 5.74) is 0. The minimum atomic E-state index is 0.695. The summed E-state index contributed by atoms with van der Waals surface area (Å²) in [4.78, 5) is 2.64. The summed E-state index contributed by atoms with van der Waals surface area (Å²) in [6, 6.07) is 2.16. The number of piperazine rings is 1. The summed E-state index contributed by atoms with van der Waals surface area (Å²) in [6.45, 7) is 11.6. The zero-order chi connectivity index (χ0) is 9.84. The van der Waals surface area contributed by atoms with E-state index in [0.29, 0.717) is 12.1 Å². The molecule has 78 valence electrons. The second-order valence-electron chi connectivity index (χ2n) is 4.37. The van der Waals surface area contributed by atoms with Gasteiger partial charge in [0.1, 0.15) is 0 Å². The van der Waals surface area contributed by atoms with E-state index in [-0.39, 0.29) is 0 Å². The van der Waals surface area contributed by atoms with Gasteiger partial charge in [0.2, 0.25) is 0 Å². The Labute approximate surface area is 82.7 Å². The Hall–Kier alpha value is -0.0800. The first-order valence-electron chi connectivity index (χ1n) is 5.68. The van der Waals surface area contributed by atoms with Gasteiger partial charge in [0, 0.05) is 31.2 Å². The number of nitrogens with one attached hydrogen (secondary N) is 1. The van der Waals surface area contributed by atoms with Crippen LogP contribution in [0, 0.1) is 0 Å². The van der Waals surface area contributed by atoms with Crippen LogP contribution in [0.15, 0.2) is 0 Å². The Morgan fingerprint density at radius 3 is 2.46 bits per heavy atom. The van der Waals surface area contributed by atoms with Gasteiger partial charge in [-0.15, -0.1) is 0 Å². The lowest BCUT2D eigenvalue weighted by Gasteiger charge is -2.42. The highest BCUT2D eigenvalue weighted by Crippen LogP contribution is 2.14. The summed E-state index contributed by atoms with van der Waals surface area (Å²) in [5, 5.41) is 3.61. The average Bonchev–Trinajstić information content (AvgIpc) is 2.16. The molecule has 1 N–H and O–H groups in total. The van der Waals surface area contributed by atoms with Crippen LogP contribution in [0.1, 0.15) is 40.5 Å². The van der Waals surface area contributed by atoms with Crippen LogP contribution in [0.5, 0.6) is 0 Å². The molecule has 2 unspecified atom stereocenters. The molecule has 2 nitrogen and oxygen atoms in total. The smallest absolute Gasteiger partial charge is 0.0221 e. The standard InChI is InChI=1S/C11H24N2/c1-5-10-8-13(9(3)4)11(6-2)7-12-10/h9-12H,5-8H2,1-4H3. The monoisotopic (exact) mass is 184 g/mol. The van der Waals surface area contributed by atoms with Crippen LogP contribution in [-0.2, 0) is 0 Å². The number of rotatable bonds is 3. The molecule has 13 heavy (non-hydrogen) atoms. The molecule has 0 saturated carbocycles. The Kier molecular flexibility index (Phi) is 4.20. The molecule has 2 atom stereocenters. The molecule has 1 aliphatic rings. The van der Waals surface area contributed by atoms with E-state index >= 15 is 0 Å². The molecule has 1 fully saturated rings. The normalized spacial score (nSPS) is 31.2. The molecule has 2 heteroatoms. The van der Waals surface area contributed by atoms with Gasteiger partial charge in [-0.25, -0.2) is 0 Å². The van der Waals surface area contributed by atoms with E-state index in [2.05, 4.69) is 37.9 Å². The van der Waals surface area contributed by atoms with E-state index < -0.39 is 0 Å². The summed E-state index contributed by atoms with van der Waals surface area (Å²) in [5.74, 6) is 0. The SMILES string of the molecule is CCC1CN(C(C)C)C(CC)CN1. The fourth-order valence-corrected chi connectivity index (χ4v) is 2.17. The summed E-state index contributed by atoms with van der Waals surface area (Å²) in [6.07, 6.45) is 2.52. The highest BCUT2D eigenvalue weighted by Gasteiger charge is 2.27. The largest absolute Gasteiger partial charge is 0.311 e. The van der Waals surface area contributed by atoms with Crippen molar-refractivity contribution in [1.29, 1.82) is 0 Å². The lowest BCUT2D eigenvalue weighted by atomic mass is 10.0. The van der Waals surface area contributed by atoms with E-state index in [1.165, 1.54) is 25.9 Å². The number of hydrogen-bond donors (Lipinski definition) is 1. The molecule has 0 aliphatic carbocycles. The summed E-state index contributed by atoms with van der Waals surface area (Å²) < 4.78 is 0. The van der Waals surface area contributed by atoms with Gasteiger partial charge in [-0.1, -0.05) is 13.8 Å². The molecule has 1 rings (SSSR count). The molecule has 0 bridgehead atoms. The second-order valence-corrected chi connectivity index (χ2v) is 4.37. The van der Waals surface area contributed by atoms with Crippen molar-refractivity contribution in [1.82, 2.24) is 10.2 Å². The molecule has 1 heterocycles. The van der Waals surface area contributed by atoms with Crippen LogP contribution >= 0.6 is 0 Å². The molecule has 0 spiro atoms. The average molecular weight is 184 g/mol. The summed E-state index contributed by atoms with van der Waals surface area (Å²) >= 11 is 0. The van der Waals surface area contributed by atoms with Crippen molar-refractivity contribution in [3.05, 3.63) is 0 Å². The first-order valence-corrected chi connectivity index (χ1v) is 5.68. The molecule has 0 aromatic rings. The second kappa shape index (κ2) is 4.97. The van der Waals surface area contributed by atoms with Crippen molar-refractivity contribution in [3.8, 4) is 0 Å². The van der Waals surface area contributed by atoms with E-state index in [1.807, 2.05) is 0 Å². The highest BCUT2D eigenvalue weighted by molar-refractivity contribution is 4.86. The van der Waals surface area contributed by atoms with Gasteiger partial charge in [-0.05, 0) is 26.7 Å². The topological polar surface area (TPSA) is 15.3 Å². The quantitative estimate of drug-likeness (QED) is 0.720. The van der Waals surface area contributed by atoms with Crippen molar-refractivity contribution in [2.75, 3.05) is 13.1 Å².